The fourth-order valence-corrected chi connectivity index (χ4v) is 9.01. The fourth-order valence-electron chi connectivity index (χ4n) is 5.65. The first-order valence-corrected chi connectivity index (χ1v) is 15.0. The average molecular weight is 417 g/mol. The van der Waals surface area contributed by atoms with Gasteiger partial charge in [0, 0.05) is 6.07 Å². The van der Waals surface area contributed by atoms with Gasteiger partial charge in [-0.25, -0.2) is 4.57 Å². The minimum Gasteiger partial charge on any atom is -0.200 e. The molecule has 1 fully saturated rings. The molecule has 1 saturated carbocycles. The second-order valence-electron chi connectivity index (χ2n) is 9.91. The molecule has 1 aromatic heterocycles. The zero-order valence-corrected chi connectivity index (χ0v) is 20.8. The maximum Gasteiger partial charge on any atom is 0.220 e. The van der Waals surface area contributed by atoms with Crippen LogP contribution < -0.4 is 9.75 Å². The molecule has 1 aliphatic rings. The van der Waals surface area contributed by atoms with Crippen LogP contribution in [0.5, 0.6) is 0 Å². The number of hydrogen-bond acceptors (Lipinski definition) is 0. The average Bonchev–Trinajstić information content (AvgIpc) is 3.30. The first-order valence-electron chi connectivity index (χ1n) is 11.9. The smallest absolute Gasteiger partial charge is 0.200 e. The van der Waals surface area contributed by atoms with Gasteiger partial charge in [-0.05, 0) is 59.5 Å². The molecule has 0 bridgehead atoms. The lowest BCUT2D eigenvalue weighted by Crippen LogP contribution is -2.45. The summed E-state index contributed by atoms with van der Waals surface area (Å²) in [7, 11) is 0.777. The molecule has 0 radical (unpaired) electrons. The summed E-state index contributed by atoms with van der Waals surface area (Å²) >= 11 is 0. The van der Waals surface area contributed by atoms with E-state index < -0.39 is 8.07 Å². The number of benzene rings is 2. The standard InChI is InChI=1S/C28H38NSi/c1-7-21-17-22(8-2)20(3)27(18-21)28-26-14-13-25(19-23(26)15-16-29(28)4)30(5,6)24-11-9-10-12-24/h13-19,24H,7-12H2,1-6H3/q+1. The van der Waals surface area contributed by atoms with E-state index in [0.29, 0.717) is 0 Å². The second-order valence-corrected chi connectivity index (χ2v) is 14.8. The Morgan fingerprint density at radius 2 is 1.70 bits per heavy atom. The third-order valence-corrected chi connectivity index (χ3v) is 12.3. The van der Waals surface area contributed by atoms with Crippen molar-refractivity contribution < 1.29 is 4.57 Å². The van der Waals surface area contributed by atoms with Gasteiger partial charge in [0.05, 0.1) is 19.0 Å². The maximum absolute atomic E-state index is 2.59. The van der Waals surface area contributed by atoms with Crippen LogP contribution in [-0.2, 0) is 19.9 Å². The van der Waals surface area contributed by atoms with E-state index in [1.807, 2.05) is 0 Å². The molecule has 1 aliphatic carbocycles. The molecule has 0 unspecified atom stereocenters. The molecular formula is C28H38NSi+. The van der Waals surface area contributed by atoms with Crippen molar-refractivity contribution in [2.75, 3.05) is 0 Å². The van der Waals surface area contributed by atoms with Gasteiger partial charge in [-0.15, -0.1) is 0 Å². The van der Waals surface area contributed by atoms with E-state index in [0.717, 1.165) is 18.4 Å². The van der Waals surface area contributed by atoms with Gasteiger partial charge in [0.15, 0.2) is 6.20 Å². The summed E-state index contributed by atoms with van der Waals surface area (Å²) in [6.45, 7) is 12.0. The van der Waals surface area contributed by atoms with Crippen molar-refractivity contribution in [3.05, 3.63) is 59.3 Å². The number of pyridine rings is 1. The Bertz CT molecular complexity index is 1070. The van der Waals surface area contributed by atoms with Gasteiger partial charge in [-0.2, -0.15) is 0 Å². The molecule has 30 heavy (non-hydrogen) atoms. The minimum absolute atomic E-state index is 0.949. The highest BCUT2D eigenvalue weighted by Crippen LogP contribution is 2.39. The van der Waals surface area contributed by atoms with Crippen molar-refractivity contribution in [2.45, 2.75) is 77.9 Å². The molecular weight excluding hydrogens is 378 g/mol. The van der Waals surface area contributed by atoms with Crippen molar-refractivity contribution >= 4 is 24.0 Å². The van der Waals surface area contributed by atoms with Gasteiger partial charge in [0.2, 0.25) is 5.69 Å². The maximum atomic E-state index is 2.59. The molecule has 0 spiro atoms. The Labute approximate surface area is 184 Å². The van der Waals surface area contributed by atoms with Crippen LogP contribution in [0.4, 0.5) is 0 Å². The zero-order chi connectivity index (χ0) is 21.5. The van der Waals surface area contributed by atoms with Crippen molar-refractivity contribution in [1.82, 2.24) is 0 Å². The first kappa shape index (κ1) is 21.3. The van der Waals surface area contributed by atoms with Crippen LogP contribution in [0.25, 0.3) is 22.0 Å². The Kier molecular flexibility index (Phi) is 5.90. The molecule has 1 heterocycles. The van der Waals surface area contributed by atoms with Gasteiger partial charge in [0.25, 0.3) is 0 Å². The van der Waals surface area contributed by atoms with E-state index in [1.165, 1.54) is 64.4 Å². The molecule has 3 aromatic rings. The van der Waals surface area contributed by atoms with Gasteiger partial charge in [-0.3, -0.25) is 0 Å². The summed E-state index contributed by atoms with van der Waals surface area (Å²) < 4.78 is 2.32. The number of rotatable bonds is 5. The third-order valence-electron chi connectivity index (χ3n) is 7.88. The summed E-state index contributed by atoms with van der Waals surface area (Å²) in [5.41, 5.74) is 8.07. The topological polar surface area (TPSA) is 3.88 Å². The minimum atomic E-state index is -1.42. The van der Waals surface area contributed by atoms with Crippen molar-refractivity contribution in [1.29, 1.82) is 0 Å². The molecule has 0 aliphatic heterocycles. The highest BCUT2D eigenvalue weighted by atomic mass is 28.3. The summed E-state index contributed by atoms with van der Waals surface area (Å²) in [6, 6.07) is 14.6. The number of hydrogen-bond donors (Lipinski definition) is 0. The van der Waals surface area contributed by atoms with Crippen molar-refractivity contribution in [3.63, 3.8) is 0 Å². The van der Waals surface area contributed by atoms with E-state index in [-0.39, 0.29) is 0 Å². The van der Waals surface area contributed by atoms with Crippen LogP contribution in [0.2, 0.25) is 18.6 Å². The Hall–Kier alpha value is -1.93. The number of aromatic nitrogens is 1. The molecule has 158 valence electrons. The Morgan fingerprint density at radius 1 is 0.967 bits per heavy atom. The van der Waals surface area contributed by atoms with E-state index in [9.17, 15) is 0 Å². The van der Waals surface area contributed by atoms with E-state index in [1.54, 1.807) is 5.19 Å². The third kappa shape index (κ3) is 3.64. The SMILES string of the molecule is CCc1cc(CC)c(C)c(-c2c3ccc([Si](C)(C)C4CCCC4)cc3cc[n+]2C)c1. The van der Waals surface area contributed by atoms with Gasteiger partial charge < -0.3 is 0 Å². The second kappa shape index (κ2) is 8.30. The molecule has 1 nitrogen and oxygen atoms in total. The predicted octanol–water partition coefficient (Wildman–Crippen LogP) is 6.62. The highest BCUT2D eigenvalue weighted by Gasteiger charge is 2.35. The molecule has 0 amide bonds. The van der Waals surface area contributed by atoms with Crippen LogP contribution in [0.1, 0.15) is 56.2 Å². The van der Waals surface area contributed by atoms with Crippen LogP contribution in [0.15, 0.2) is 42.6 Å². The van der Waals surface area contributed by atoms with Crippen molar-refractivity contribution in [2.24, 2.45) is 7.05 Å². The van der Waals surface area contributed by atoms with Gasteiger partial charge in [0.1, 0.15) is 7.05 Å². The van der Waals surface area contributed by atoms with Crippen LogP contribution in [-0.4, -0.2) is 8.07 Å². The normalized spacial score (nSPS) is 15.3. The van der Waals surface area contributed by atoms with E-state index in [2.05, 4.69) is 88.1 Å². The molecule has 2 aromatic carbocycles. The molecule has 0 N–H and O–H groups in total. The Balaban J connectivity index is 1.89. The van der Waals surface area contributed by atoms with Gasteiger partial charge >= 0.3 is 0 Å². The summed E-state index contributed by atoms with van der Waals surface area (Å²) in [5, 5.41) is 4.42. The number of nitrogens with zero attached hydrogens (tertiary/aromatic N) is 1. The summed E-state index contributed by atoms with van der Waals surface area (Å²) in [6.07, 6.45) is 10.2. The molecule has 0 saturated heterocycles. The predicted molar refractivity (Wildman–Crippen MR) is 133 cm³/mol. The fraction of sp³-hybridized carbons (Fsp3) is 0.464. The highest BCUT2D eigenvalue weighted by molar-refractivity contribution is 6.91. The lowest BCUT2D eigenvalue weighted by atomic mass is 9.92. The van der Waals surface area contributed by atoms with E-state index in [4.69, 9.17) is 0 Å². The van der Waals surface area contributed by atoms with Crippen LogP contribution in [0, 0.1) is 6.92 Å². The first-order chi connectivity index (χ1) is 14.4. The van der Waals surface area contributed by atoms with E-state index >= 15 is 0 Å². The summed E-state index contributed by atoms with van der Waals surface area (Å²) in [5.74, 6) is 0. The van der Waals surface area contributed by atoms with Crippen molar-refractivity contribution in [3.8, 4) is 11.3 Å². The van der Waals surface area contributed by atoms with Crippen LogP contribution >= 0.6 is 0 Å². The van der Waals surface area contributed by atoms with Crippen LogP contribution in [0.3, 0.4) is 0 Å². The Morgan fingerprint density at radius 3 is 2.37 bits per heavy atom. The lowest BCUT2D eigenvalue weighted by molar-refractivity contribution is -0.659. The zero-order valence-electron chi connectivity index (χ0n) is 19.8. The summed E-state index contributed by atoms with van der Waals surface area (Å²) in [4.78, 5) is 0. The van der Waals surface area contributed by atoms with Gasteiger partial charge in [-0.1, -0.05) is 76.0 Å². The molecule has 2 heteroatoms. The number of fused-ring (bicyclic) bond motifs is 1. The quantitative estimate of drug-likeness (QED) is 0.325. The monoisotopic (exact) mass is 416 g/mol. The largest absolute Gasteiger partial charge is 0.220 e. The lowest BCUT2D eigenvalue weighted by Gasteiger charge is -2.30. The molecule has 4 rings (SSSR count). The molecule has 0 atom stereocenters. The number of aryl methyl sites for hydroxylation is 3.